The molecule has 3 rings (SSSR count). The van der Waals surface area contributed by atoms with E-state index in [4.69, 9.17) is 4.99 Å². The predicted molar refractivity (Wildman–Crippen MR) is 144 cm³/mol. The van der Waals surface area contributed by atoms with Crippen LogP contribution in [0.1, 0.15) is 19.4 Å². The summed E-state index contributed by atoms with van der Waals surface area (Å²) >= 11 is 1.85. The van der Waals surface area contributed by atoms with Gasteiger partial charge >= 0.3 is 0 Å². The first kappa shape index (κ1) is 25.7. The molecule has 1 aliphatic heterocycles. The zero-order valence-corrected chi connectivity index (χ0v) is 21.7. The fourth-order valence-corrected chi connectivity index (χ4v) is 4.15. The molecule has 0 bridgehead atoms. The predicted octanol–water partition coefficient (Wildman–Crippen LogP) is 3.69. The van der Waals surface area contributed by atoms with E-state index < -0.39 is 0 Å². The summed E-state index contributed by atoms with van der Waals surface area (Å²) in [6.07, 6.45) is 1.96. The Morgan fingerprint density at radius 2 is 1.81 bits per heavy atom. The van der Waals surface area contributed by atoms with Gasteiger partial charge in [0.15, 0.2) is 5.96 Å². The molecule has 31 heavy (non-hydrogen) atoms. The first-order valence-electron chi connectivity index (χ1n) is 10.9. The molecule has 0 radical (unpaired) electrons. The van der Waals surface area contributed by atoms with E-state index in [0.29, 0.717) is 6.54 Å². The Morgan fingerprint density at radius 1 is 1.03 bits per heavy atom. The van der Waals surface area contributed by atoms with Crippen molar-refractivity contribution in [1.29, 1.82) is 0 Å². The Kier molecular flexibility index (Phi) is 12.1. The van der Waals surface area contributed by atoms with Gasteiger partial charge in [-0.05, 0) is 37.2 Å². The molecule has 2 aromatic rings. The highest BCUT2D eigenvalue weighted by Gasteiger charge is 2.16. The highest BCUT2D eigenvalue weighted by Crippen LogP contribution is 2.16. The third-order valence-corrected chi connectivity index (χ3v) is 6.14. The molecule has 1 aliphatic rings. The van der Waals surface area contributed by atoms with Crippen molar-refractivity contribution in [3.63, 3.8) is 0 Å². The van der Waals surface area contributed by atoms with Gasteiger partial charge in [-0.2, -0.15) is 0 Å². The second kappa shape index (κ2) is 14.5. The van der Waals surface area contributed by atoms with Gasteiger partial charge in [0.05, 0.1) is 6.54 Å². The lowest BCUT2D eigenvalue weighted by atomic mass is 10.2. The van der Waals surface area contributed by atoms with E-state index in [9.17, 15) is 0 Å². The molecule has 0 spiro atoms. The van der Waals surface area contributed by atoms with Gasteiger partial charge < -0.3 is 20.4 Å². The van der Waals surface area contributed by atoms with Crippen molar-refractivity contribution in [3.05, 3.63) is 54.2 Å². The molecule has 2 heterocycles. The average molecular weight is 555 g/mol. The van der Waals surface area contributed by atoms with Crippen LogP contribution in [0.15, 0.2) is 58.5 Å². The minimum atomic E-state index is 0. The van der Waals surface area contributed by atoms with Crippen LogP contribution in [0.5, 0.6) is 0 Å². The Morgan fingerprint density at radius 3 is 2.45 bits per heavy atom. The number of halogens is 1. The maximum absolute atomic E-state index is 4.72. The van der Waals surface area contributed by atoms with E-state index >= 15 is 0 Å². The highest BCUT2D eigenvalue weighted by atomic mass is 127. The molecule has 2 N–H and O–H groups in total. The fraction of sp³-hybridized carbons (Fsp3) is 0.478. The number of guanidine groups is 1. The van der Waals surface area contributed by atoms with Crippen LogP contribution in [0.2, 0.25) is 0 Å². The molecule has 8 heteroatoms. The van der Waals surface area contributed by atoms with Gasteiger partial charge in [0.1, 0.15) is 5.82 Å². The third kappa shape index (κ3) is 8.86. The number of hydrogen-bond donors (Lipinski definition) is 2. The fourth-order valence-electron chi connectivity index (χ4n) is 3.36. The van der Waals surface area contributed by atoms with E-state index in [2.05, 4.69) is 75.7 Å². The summed E-state index contributed by atoms with van der Waals surface area (Å²) in [6.45, 7) is 12.1. The summed E-state index contributed by atoms with van der Waals surface area (Å²) in [5.41, 5.74) is 1.13. The maximum atomic E-state index is 4.72. The summed E-state index contributed by atoms with van der Waals surface area (Å²) in [5.74, 6) is 2.92. The van der Waals surface area contributed by atoms with Gasteiger partial charge in [-0.25, -0.2) is 9.98 Å². The Balaban J connectivity index is 0.00000341. The van der Waals surface area contributed by atoms with Gasteiger partial charge in [-0.15, -0.1) is 35.7 Å². The maximum Gasteiger partial charge on any atom is 0.191 e. The lowest BCUT2D eigenvalue weighted by molar-refractivity contribution is 0.270. The van der Waals surface area contributed by atoms with Crippen LogP contribution < -0.4 is 15.5 Å². The largest absolute Gasteiger partial charge is 0.357 e. The van der Waals surface area contributed by atoms with Crippen molar-refractivity contribution in [3.8, 4) is 0 Å². The van der Waals surface area contributed by atoms with Gasteiger partial charge in [0, 0.05) is 56.1 Å². The Hall–Kier alpha value is -1.52. The van der Waals surface area contributed by atoms with Crippen LogP contribution >= 0.6 is 35.7 Å². The molecule has 1 fully saturated rings. The third-order valence-electron chi connectivity index (χ3n) is 5.12. The molecule has 6 nitrogen and oxygen atoms in total. The summed E-state index contributed by atoms with van der Waals surface area (Å²) in [6, 6.07) is 14.8. The first-order valence-corrected chi connectivity index (χ1v) is 11.9. The van der Waals surface area contributed by atoms with Crippen molar-refractivity contribution in [2.24, 2.45) is 4.99 Å². The van der Waals surface area contributed by atoms with E-state index in [1.54, 1.807) is 0 Å². The van der Waals surface area contributed by atoms with E-state index in [1.807, 2.05) is 24.0 Å². The standard InChI is InChI=1S/C23H34N6S.HI/c1-3-24-23(25-12-17-30-21-8-6-5-7-9-21)27-19-20-10-11-22(26-18-20)29-15-13-28(4-2)14-16-29;/h5-11,18H,3-4,12-17,19H2,1-2H3,(H2,24,25,27);1H. The normalized spacial score (nSPS) is 14.8. The number of thioether (sulfide) groups is 1. The Labute approximate surface area is 208 Å². The summed E-state index contributed by atoms with van der Waals surface area (Å²) in [4.78, 5) is 15.5. The number of aromatic nitrogens is 1. The Bertz CT molecular complexity index is 763. The van der Waals surface area contributed by atoms with Crippen molar-refractivity contribution in [2.75, 3.05) is 56.5 Å². The van der Waals surface area contributed by atoms with Crippen LogP contribution in [0.3, 0.4) is 0 Å². The molecule has 0 amide bonds. The number of likely N-dealkylation sites (N-methyl/N-ethyl adjacent to an activating group) is 1. The average Bonchev–Trinajstić information content (AvgIpc) is 2.81. The van der Waals surface area contributed by atoms with Crippen molar-refractivity contribution in [1.82, 2.24) is 20.5 Å². The number of benzene rings is 1. The number of anilines is 1. The number of pyridine rings is 1. The second-order valence-electron chi connectivity index (χ2n) is 7.23. The smallest absolute Gasteiger partial charge is 0.191 e. The van der Waals surface area contributed by atoms with Gasteiger partial charge in [0.2, 0.25) is 0 Å². The number of rotatable bonds is 9. The van der Waals surface area contributed by atoms with E-state index in [-0.39, 0.29) is 24.0 Å². The molecule has 0 unspecified atom stereocenters. The first-order chi connectivity index (χ1) is 14.8. The van der Waals surface area contributed by atoms with Crippen LogP contribution in [0, 0.1) is 0 Å². The number of aliphatic imine (C=N–C) groups is 1. The number of nitrogens with zero attached hydrogens (tertiary/aromatic N) is 4. The summed E-state index contributed by atoms with van der Waals surface area (Å²) in [7, 11) is 0. The molecule has 1 aromatic heterocycles. The molecular formula is C23H35IN6S. The minimum absolute atomic E-state index is 0. The summed E-state index contributed by atoms with van der Waals surface area (Å²) in [5, 5.41) is 6.74. The molecule has 1 aromatic carbocycles. The van der Waals surface area contributed by atoms with E-state index in [0.717, 1.165) is 68.9 Å². The quantitative estimate of drug-likeness (QED) is 0.162. The second-order valence-corrected chi connectivity index (χ2v) is 8.40. The van der Waals surface area contributed by atoms with Crippen molar-refractivity contribution >= 4 is 47.5 Å². The van der Waals surface area contributed by atoms with Crippen molar-refractivity contribution in [2.45, 2.75) is 25.3 Å². The zero-order valence-electron chi connectivity index (χ0n) is 18.6. The lowest BCUT2D eigenvalue weighted by Gasteiger charge is -2.34. The molecule has 170 valence electrons. The van der Waals surface area contributed by atoms with E-state index in [1.165, 1.54) is 4.90 Å². The van der Waals surface area contributed by atoms with Crippen LogP contribution in [0.4, 0.5) is 5.82 Å². The molecule has 0 saturated carbocycles. The van der Waals surface area contributed by atoms with Gasteiger partial charge in [-0.3, -0.25) is 0 Å². The molecule has 0 aliphatic carbocycles. The lowest BCUT2D eigenvalue weighted by Crippen LogP contribution is -2.46. The SMILES string of the molecule is CCNC(=NCc1ccc(N2CCN(CC)CC2)nc1)NCCSc1ccccc1.I. The number of piperazine rings is 1. The van der Waals surface area contributed by atoms with Crippen LogP contribution in [-0.4, -0.2) is 67.4 Å². The number of nitrogens with one attached hydrogen (secondary N) is 2. The van der Waals surface area contributed by atoms with Crippen LogP contribution in [-0.2, 0) is 6.54 Å². The van der Waals surface area contributed by atoms with Crippen LogP contribution in [0.25, 0.3) is 0 Å². The zero-order chi connectivity index (χ0) is 21.0. The van der Waals surface area contributed by atoms with Gasteiger partial charge in [0.25, 0.3) is 0 Å². The number of hydrogen-bond acceptors (Lipinski definition) is 5. The molecular weight excluding hydrogens is 519 g/mol. The molecule has 0 atom stereocenters. The van der Waals surface area contributed by atoms with Crippen molar-refractivity contribution < 1.29 is 0 Å². The monoisotopic (exact) mass is 554 g/mol. The minimum Gasteiger partial charge on any atom is -0.357 e. The van der Waals surface area contributed by atoms with Gasteiger partial charge in [-0.1, -0.05) is 31.2 Å². The topological polar surface area (TPSA) is 55.8 Å². The molecule has 1 saturated heterocycles. The highest BCUT2D eigenvalue weighted by molar-refractivity contribution is 14.0. The summed E-state index contributed by atoms with van der Waals surface area (Å²) < 4.78 is 0.